The molecule has 0 radical (unpaired) electrons. The van der Waals surface area contributed by atoms with Gasteiger partial charge >= 0.3 is 0 Å². The van der Waals surface area contributed by atoms with Crippen molar-refractivity contribution in [1.82, 2.24) is 9.78 Å². The Hall–Kier alpha value is -0.990. The van der Waals surface area contributed by atoms with Crippen LogP contribution in [0.15, 0.2) is 12.4 Å². The van der Waals surface area contributed by atoms with Crippen LogP contribution in [0.1, 0.15) is 26.2 Å². The Morgan fingerprint density at radius 2 is 2.46 bits per heavy atom. The standard InChI is InChI=1S/C10H17N3/c1-8(5-9-3-4-9)12-10-6-11-13(2)7-10/h6-9,12H,3-5H2,1-2H3. The molecule has 13 heavy (non-hydrogen) atoms. The zero-order valence-corrected chi connectivity index (χ0v) is 8.33. The van der Waals surface area contributed by atoms with E-state index in [0.29, 0.717) is 6.04 Å². The van der Waals surface area contributed by atoms with Gasteiger partial charge in [0, 0.05) is 19.3 Å². The number of nitrogens with one attached hydrogen (secondary N) is 1. The van der Waals surface area contributed by atoms with Crippen molar-refractivity contribution >= 4 is 5.69 Å². The number of hydrogen-bond acceptors (Lipinski definition) is 2. The molecule has 1 atom stereocenters. The first-order valence-corrected chi connectivity index (χ1v) is 4.99. The minimum atomic E-state index is 0.580. The lowest BCUT2D eigenvalue weighted by molar-refractivity contribution is 0.642. The molecular formula is C10H17N3. The summed E-state index contributed by atoms with van der Waals surface area (Å²) in [6, 6.07) is 0.580. The van der Waals surface area contributed by atoms with Crippen LogP contribution in [0, 0.1) is 5.92 Å². The maximum atomic E-state index is 4.12. The lowest BCUT2D eigenvalue weighted by Crippen LogP contribution is -2.15. The summed E-state index contributed by atoms with van der Waals surface area (Å²) in [5, 5.41) is 7.57. The lowest BCUT2D eigenvalue weighted by atomic mass is 10.1. The summed E-state index contributed by atoms with van der Waals surface area (Å²) in [5.41, 5.74) is 1.13. The maximum absolute atomic E-state index is 4.12. The molecule has 0 aromatic carbocycles. The van der Waals surface area contributed by atoms with Gasteiger partial charge in [-0.05, 0) is 19.3 Å². The molecule has 1 saturated carbocycles. The third-order valence-electron chi connectivity index (χ3n) is 2.50. The predicted molar refractivity (Wildman–Crippen MR) is 53.6 cm³/mol. The lowest BCUT2D eigenvalue weighted by Gasteiger charge is -2.12. The van der Waals surface area contributed by atoms with Gasteiger partial charge < -0.3 is 5.32 Å². The van der Waals surface area contributed by atoms with E-state index in [2.05, 4.69) is 17.3 Å². The first-order valence-electron chi connectivity index (χ1n) is 4.99. The van der Waals surface area contributed by atoms with Crippen LogP contribution in [0.2, 0.25) is 0 Å². The Labute approximate surface area is 79.1 Å². The quantitative estimate of drug-likeness (QED) is 0.766. The fourth-order valence-corrected chi connectivity index (χ4v) is 1.69. The minimum absolute atomic E-state index is 0.580. The third kappa shape index (κ3) is 2.47. The van der Waals surface area contributed by atoms with E-state index in [1.54, 1.807) is 0 Å². The number of rotatable bonds is 4. The van der Waals surface area contributed by atoms with Crippen molar-refractivity contribution in [2.75, 3.05) is 5.32 Å². The molecule has 1 aliphatic rings. The normalized spacial score (nSPS) is 18.6. The highest BCUT2D eigenvalue weighted by molar-refractivity contribution is 5.38. The van der Waals surface area contributed by atoms with Gasteiger partial charge in [-0.3, -0.25) is 4.68 Å². The molecule has 1 fully saturated rings. The van der Waals surface area contributed by atoms with Crippen LogP contribution in [-0.4, -0.2) is 15.8 Å². The van der Waals surface area contributed by atoms with E-state index in [0.717, 1.165) is 11.6 Å². The summed E-state index contributed by atoms with van der Waals surface area (Å²) in [5.74, 6) is 0.985. The summed E-state index contributed by atoms with van der Waals surface area (Å²) in [7, 11) is 1.94. The molecule has 2 rings (SSSR count). The second-order valence-electron chi connectivity index (χ2n) is 4.13. The van der Waals surface area contributed by atoms with E-state index < -0.39 is 0 Å². The van der Waals surface area contributed by atoms with Gasteiger partial charge in [0.15, 0.2) is 0 Å². The summed E-state index contributed by atoms with van der Waals surface area (Å²) < 4.78 is 1.83. The van der Waals surface area contributed by atoms with E-state index in [1.165, 1.54) is 19.3 Å². The molecule has 0 spiro atoms. The van der Waals surface area contributed by atoms with Gasteiger partial charge in [-0.25, -0.2) is 0 Å². The van der Waals surface area contributed by atoms with E-state index in [-0.39, 0.29) is 0 Å². The fourth-order valence-electron chi connectivity index (χ4n) is 1.69. The second-order valence-corrected chi connectivity index (χ2v) is 4.13. The SMILES string of the molecule is CC(CC1CC1)Nc1cnn(C)c1. The van der Waals surface area contributed by atoms with E-state index in [4.69, 9.17) is 0 Å². The Bertz CT molecular complexity index is 275. The minimum Gasteiger partial charge on any atom is -0.380 e. The molecule has 1 heterocycles. The first-order chi connectivity index (χ1) is 6.24. The van der Waals surface area contributed by atoms with Crippen molar-refractivity contribution in [3.63, 3.8) is 0 Å². The number of hydrogen-bond donors (Lipinski definition) is 1. The molecule has 72 valence electrons. The van der Waals surface area contributed by atoms with Gasteiger partial charge in [-0.1, -0.05) is 12.8 Å². The average Bonchev–Trinajstić information content (AvgIpc) is 2.76. The smallest absolute Gasteiger partial charge is 0.0728 e. The summed E-state index contributed by atoms with van der Waals surface area (Å²) in [6.07, 6.45) is 8.06. The Balaban J connectivity index is 1.82. The average molecular weight is 179 g/mol. The molecule has 1 N–H and O–H groups in total. The number of aryl methyl sites for hydroxylation is 1. The predicted octanol–water partition coefficient (Wildman–Crippen LogP) is 2.02. The van der Waals surface area contributed by atoms with Crippen LogP contribution >= 0.6 is 0 Å². The van der Waals surface area contributed by atoms with Crippen LogP contribution < -0.4 is 5.32 Å². The topological polar surface area (TPSA) is 29.9 Å². The van der Waals surface area contributed by atoms with Gasteiger partial charge in [0.05, 0.1) is 11.9 Å². The van der Waals surface area contributed by atoms with Crippen LogP contribution in [-0.2, 0) is 7.05 Å². The van der Waals surface area contributed by atoms with E-state index >= 15 is 0 Å². The van der Waals surface area contributed by atoms with E-state index in [1.807, 2.05) is 24.1 Å². The molecule has 1 aromatic heterocycles. The molecule has 3 heteroatoms. The van der Waals surface area contributed by atoms with Gasteiger partial charge in [0.1, 0.15) is 0 Å². The maximum Gasteiger partial charge on any atom is 0.0728 e. The van der Waals surface area contributed by atoms with Crippen molar-refractivity contribution in [3.05, 3.63) is 12.4 Å². The van der Waals surface area contributed by atoms with Crippen LogP contribution in [0.5, 0.6) is 0 Å². The number of aromatic nitrogens is 2. The zero-order valence-electron chi connectivity index (χ0n) is 8.33. The first kappa shape index (κ1) is 8.60. The molecule has 0 bridgehead atoms. The summed E-state index contributed by atoms with van der Waals surface area (Å²) >= 11 is 0. The molecule has 0 amide bonds. The largest absolute Gasteiger partial charge is 0.380 e. The van der Waals surface area contributed by atoms with Crippen LogP contribution in [0.3, 0.4) is 0 Å². The van der Waals surface area contributed by atoms with Crippen LogP contribution in [0.25, 0.3) is 0 Å². The molecule has 0 aliphatic heterocycles. The molecular weight excluding hydrogens is 162 g/mol. The monoisotopic (exact) mass is 179 g/mol. The Morgan fingerprint density at radius 3 is 3.00 bits per heavy atom. The number of nitrogens with zero attached hydrogens (tertiary/aromatic N) is 2. The molecule has 1 unspecified atom stereocenters. The van der Waals surface area contributed by atoms with Gasteiger partial charge in [0.25, 0.3) is 0 Å². The fraction of sp³-hybridized carbons (Fsp3) is 0.700. The Morgan fingerprint density at radius 1 is 1.69 bits per heavy atom. The van der Waals surface area contributed by atoms with E-state index in [9.17, 15) is 0 Å². The van der Waals surface area contributed by atoms with Gasteiger partial charge in [0.2, 0.25) is 0 Å². The number of anilines is 1. The second kappa shape index (κ2) is 3.40. The molecule has 0 saturated heterocycles. The van der Waals surface area contributed by atoms with Crippen molar-refractivity contribution in [1.29, 1.82) is 0 Å². The van der Waals surface area contributed by atoms with Gasteiger partial charge in [-0.2, -0.15) is 5.10 Å². The zero-order chi connectivity index (χ0) is 9.26. The van der Waals surface area contributed by atoms with Crippen molar-refractivity contribution in [2.24, 2.45) is 13.0 Å². The Kier molecular flexibility index (Phi) is 2.25. The van der Waals surface area contributed by atoms with Crippen molar-refractivity contribution in [2.45, 2.75) is 32.2 Å². The highest BCUT2D eigenvalue weighted by Gasteiger charge is 2.23. The molecule has 1 aliphatic carbocycles. The highest BCUT2D eigenvalue weighted by Crippen LogP contribution is 2.33. The molecule has 3 nitrogen and oxygen atoms in total. The van der Waals surface area contributed by atoms with Crippen molar-refractivity contribution < 1.29 is 0 Å². The summed E-state index contributed by atoms with van der Waals surface area (Å²) in [4.78, 5) is 0. The van der Waals surface area contributed by atoms with Crippen LogP contribution in [0.4, 0.5) is 5.69 Å². The third-order valence-corrected chi connectivity index (χ3v) is 2.50. The van der Waals surface area contributed by atoms with Gasteiger partial charge in [-0.15, -0.1) is 0 Å². The highest BCUT2D eigenvalue weighted by atomic mass is 15.3. The van der Waals surface area contributed by atoms with Crippen molar-refractivity contribution in [3.8, 4) is 0 Å². The summed E-state index contributed by atoms with van der Waals surface area (Å²) in [6.45, 7) is 2.24. The molecule has 1 aromatic rings.